The Kier molecular flexibility index (Phi) is 7.55. The number of carboxylic acids is 1. The van der Waals surface area contributed by atoms with E-state index in [9.17, 15) is 31.9 Å². The number of sulfonamides is 1. The van der Waals surface area contributed by atoms with Crippen molar-refractivity contribution in [1.82, 2.24) is 9.55 Å². The summed E-state index contributed by atoms with van der Waals surface area (Å²) in [5.41, 5.74) is -1.22. The molecule has 1 aromatic carbocycles. The molecular formula is C21H19F2IN4O5S. The van der Waals surface area contributed by atoms with Gasteiger partial charge in [0, 0.05) is 27.1 Å². The van der Waals surface area contributed by atoms with Crippen LogP contribution >= 0.6 is 22.6 Å². The van der Waals surface area contributed by atoms with Gasteiger partial charge in [-0.2, -0.15) is 0 Å². The van der Waals surface area contributed by atoms with Gasteiger partial charge in [-0.25, -0.2) is 27.0 Å². The van der Waals surface area contributed by atoms with Gasteiger partial charge in [-0.3, -0.25) is 9.52 Å². The Bertz CT molecular complexity index is 1440. The molecule has 180 valence electrons. The summed E-state index contributed by atoms with van der Waals surface area (Å²) in [4.78, 5) is 28.6. The van der Waals surface area contributed by atoms with Crippen LogP contribution in [0.2, 0.25) is 0 Å². The molecule has 2 aromatic heterocycles. The molecule has 0 bridgehead atoms. The lowest BCUT2D eigenvalue weighted by Gasteiger charge is -2.17. The minimum Gasteiger partial charge on any atom is -0.478 e. The molecule has 0 fully saturated rings. The third-order valence-electron chi connectivity index (χ3n) is 4.87. The number of carboxylic acid groups (broad SMARTS) is 1. The molecule has 9 nitrogen and oxygen atoms in total. The summed E-state index contributed by atoms with van der Waals surface area (Å²) in [7, 11) is -3.80. The van der Waals surface area contributed by atoms with Gasteiger partial charge in [0.25, 0.3) is 5.56 Å². The lowest BCUT2D eigenvalue weighted by atomic mass is 10.1. The van der Waals surface area contributed by atoms with E-state index in [1.54, 1.807) is 6.07 Å². The van der Waals surface area contributed by atoms with Gasteiger partial charge in [-0.15, -0.1) is 0 Å². The van der Waals surface area contributed by atoms with Crippen molar-refractivity contribution in [2.45, 2.75) is 20.4 Å². The van der Waals surface area contributed by atoms with Crippen molar-refractivity contribution in [1.29, 1.82) is 0 Å². The second kappa shape index (κ2) is 10.0. The van der Waals surface area contributed by atoms with Crippen LogP contribution in [-0.4, -0.2) is 34.8 Å². The molecule has 0 aliphatic heterocycles. The van der Waals surface area contributed by atoms with E-state index in [-0.39, 0.29) is 33.8 Å². The summed E-state index contributed by atoms with van der Waals surface area (Å²) in [5, 5.41) is 12.4. The van der Waals surface area contributed by atoms with Crippen LogP contribution < -0.4 is 15.6 Å². The van der Waals surface area contributed by atoms with E-state index in [4.69, 9.17) is 0 Å². The topological polar surface area (TPSA) is 130 Å². The van der Waals surface area contributed by atoms with Crippen molar-refractivity contribution in [3.63, 3.8) is 0 Å². The summed E-state index contributed by atoms with van der Waals surface area (Å²) >= 11 is 1.92. The van der Waals surface area contributed by atoms with Crippen LogP contribution in [-0.2, 0) is 16.6 Å². The van der Waals surface area contributed by atoms with Crippen LogP contribution in [0, 0.1) is 22.1 Å². The third-order valence-corrected chi connectivity index (χ3v) is 6.81. The molecule has 3 N–H and O–H groups in total. The second-order valence-corrected chi connectivity index (χ2v) is 10.4. The zero-order valence-electron chi connectivity index (χ0n) is 17.9. The first-order valence-corrected chi connectivity index (χ1v) is 12.5. The van der Waals surface area contributed by atoms with Gasteiger partial charge >= 0.3 is 5.97 Å². The molecule has 0 saturated carbocycles. The average molecular weight is 604 g/mol. The molecule has 3 aromatic rings. The number of nitrogens with one attached hydrogen (secondary N) is 2. The van der Waals surface area contributed by atoms with E-state index < -0.39 is 45.5 Å². The van der Waals surface area contributed by atoms with E-state index in [0.717, 1.165) is 17.0 Å². The molecule has 0 aliphatic rings. The Morgan fingerprint density at radius 2 is 1.97 bits per heavy atom. The minimum atomic E-state index is -3.80. The Morgan fingerprint density at radius 3 is 2.59 bits per heavy atom. The quantitative estimate of drug-likeness (QED) is 0.335. The van der Waals surface area contributed by atoms with Crippen LogP contribution in [0.15, 0.2) is 41.5 Å². The Labute approximate surface area is 207 Å². The number of aromatic carboxylic acids is 1. The Morgan fingerprint density at radius 1 is 1.26 bits per heavy atom. The molecule has 2 heterocycles. The van der Waals surface area contributed by atoms with Gasteiger partial charge in [-0.05, 0) is 60.7 Å². The van der Waals surface area contributed by atoms with Gasteiger partial charge in [0.2, 0.25) is 10.0 Å². The minimum absolute atomic E-state index is 0.0174. The summed E-state index contributed by atoms with van der Waals surface area (Å²) < 4.78 is 56.3. The van der Waals surface area contributed by atoms with Crippen LogP contribution in [0.5, 0.6) is 0 Å². The molecule has 13 heteroatoms. The second-order valence-electron chi connectivity index (χ2n) is 7.17. The SMILES string of the molecule is CCS(=O)(=O)Nc1nccc(Cn2cc(C(=O)O)c(Nc3ccc(I)cc3F)c(C)c2=O)c1F. The first-order valence-electron chi connectivity index (χ1n) is 9.76. The van der Waals surface area contributed by atoms with Crippen LogP contribution in [0.25, 0.3) is 0 Å². The van der Waals surface area contributed by atoms with E-state index in [1.807, 2.05) is 27.3 Å². The maximum absolute atomic E-state index is 14.9. The molecule has 0 atom stereocenters. The lowest BCUT2D eigenvalue weighted by Crippen LogP contribution is -2.26. The number of anilines is 3. The van der Waals surface area contributed by atoms with E-state index in [1.165, 1.54) is 32.0 Å². The number of hydrogen-bond acceptors (Lipinski definition) is 6. The average Bonchev–Trinajstić information content (AvgIpc) is 2.77. The zero-order chi connectivity index (χ0) is 25.2. The van der Waals surface area contributed by atoms with E-state index >= 15 is 0 Å². The summed E-state index contributed by atoms with van der Waals surface area (Å²) in [6, 6.07) is 5.52. The Balaban J connectivity index is 2.05. The third kappa shape index (κ3) is 5.52. The van der Waals surface area contributed by atoms with Gasteiger partial charge in [0.15, 0.2) is 11.6 Å². The van der Waals surface area contributed by atoms with Crippen molar-refractivity contribution in [3.8, 4) is 0 Å². The number of pyridine rings is 2. The van der Waals surface area contributed by atoms with Crippen molar-refractivity contribution in [3.05, 3.63) is 78.9 Å². The number of aromatic nitrogens is 2. The first kappa shape index (κ1) is 25.6. The van der Waals surface area contributed by atoms with Gasteiger partial charge < -0.3 is 15.0 Å². The van der Waals surface area contributed by atoms with Crippen molar-refractivity contribution in [2.75, 3.05) is 15.8 Å². The Hall–Kier alpha value is -3.07. The summed E-state index contributed by atoms with van der Waals surface area (Å²) in [6.45, 7) is 2.34. The molecule has 0 aliphatic carbocycles. The highest BCUT2D eigenvalue weighted by molar-refractivity contribution is 14.1. The van der Waals surface area contributed by atoms with Crippen molar-refractivity contribution < 1.29 is 27.1 Å². The highest BCUT2D eigenvalue weighted by Gasteiger charge is 2.21. The fourth-order valence-electron chi connectivity index (χ4n) is 3.05. The number of rotatable bonds is 8. The number of nitrogens with zero attached hydrogens (tertiary/aromatic N) is 2. The molecule has 0 radical (unpaired) electrons. The maximum Gasteiger partial charge on any atom is 0.339 e. The maximum atomic E-state index is 14.9. The summed E-state index contributed by atoms with van der Waals surface area (Å²) in [6.07, 6.45) is 2.18. The molecular weight excluding hydrogens is 585 g/mol. The smallest absolute Gasteiger partial charge is 0.339 e. The fraction of sp³-hybridized carbons (Fsp3) is 0.190. The van der Waals surface area contributed by atoms with Crippen LogP contribution in [0.1, 0.15) is 28.4 Å². The number of hydrogen-bond donors (Lipinski definition) is 3. The van der Waals surface area contributed by atoms with E-state index in [0.29, 0.717) is 3.57 Å². The number of halogens is 3. The zero-order valence-corrected chi connectivity index (χ0v) is 20.9. The van der Waals surface area contributed by atoms with Crippen LogP contribution in [0.4, 0.5) is 26.0 Å². The lowest BCUT2D eigenvalue weighted by molar-refractivity contribution is 0.0697. The highest BCUT2D eigenvalue weighted by Crippen LogP contribution is 2.26. The molecule has 0 unspecified atom stereocenters. The monoisotopic (exact) mass is 604 g/mol. The molecule has 3 rings (SSSR count). The number of carbonyl (C=O) groups is 1. The molecule has 0 spiro atoms. The molecule has 0 saturated heterocycles. The molecule has 34 heavy (non-hydrogen) atoms. The largest absolute Gasteiger partial charge is 0.478 e. The van der Waals surface area contributed by atoms with Crippen molar-refractivity contribution >= 4 is 55.8 Å². The van der Waals surface area contributed by atoms with Crippen LogP contribution in [0.3, 0.4) is 0 Å². The number of benzene rings is 1. The highest BCUT2D eigenvalue weighted by atomic mass is 127. The van der Waals surface area contributed by atoms with E-state index in [2.05, 4.69) is 10.3 Å². The molecule has 0 amide bonds. The summed E-state index contributed by atoms with van der Waals surface area (Å²) in [5.74, 6) is -3.85. The van der Waals surface area contributed by atoms with Gasteiger partial charge in [0.1, 0.15) is 5.82 Å². The van der Waals surface area contributed by atoms with Gasteiger partial charge in [0.05, 0.1) is 29.2 Å². The fourth-order valence-corrected chi connectivity index (χ4v) is 4.08. The predicted octanol–water partition coefficient (Wildman–Crippen LogP) is 3.69. The predicted molar refractivity (Wildman–Crippen MR) is 131 cm³/mol. The van der Waals surface area contributed by atoms with Crippen molar-refractivity contribution in [2.24, 2.45) is 0 Å². The normalized spacial score (nSPS) is 11.3. The first-order chi connectivity index (χ1) is 15.9. The standard InChI is InChI=1S/C21H19F2IN4O5S/c1-3-34(32,33)27-19-17(23)12(6-7-25-19)9-28-10-14(21(30)31)18(11(2)20(28)29)26-16-5-4-13(24)8-15(16)22/h4-8,10,26H,3,9H2,1-2H3,(H,25,27)(H,30,31). The van der Waals surface area contributed by atoms with Gasteiger partial charge in [-0.1, -0.05) is 0 Å².